The first kappa shape index (κ1) is 14.1. The molecule has 1 aliphatic heterocycles. The van der Waals surface area contributed by atoms with Gasteiger partial charge in [0.1, 0.15) is 11.9 Å². The number of methoxy groups -OCH3 is 1. The van der Waals surface area contributed by atoms with Crippen LogP contribution in [0, 0.1) is 17.1 Å². The number of rotatable bonds is 2. The highest BCUT2D eigenvalue weighted by Crippen LogP contribution is 2.35. The van der Waals surface area contributed by atoms with Crippen molar-refractivity contribution >= 4 is 17.3 Å². The number of benzene rings is 2. The first-order valence-electron chi connectivity index (χ1n) is 6.82. The van der Waals surface area contributed by atoms with Gasteiger partial charge < -0.3 is 9.64 Å². The van der Waals surface area contributed by atoms with Crippen LogP contribution in [-0.4, -0.2) is 19.6 Å². The highest BCUT2D eigenvalue weighted by Gasteiger charge is 2.22. The molecule has 1 heterocycles. The Morgan fingerprint density at radius 3 is 2.82 bits per heavy atom. The lowest BCUT2D eigenvalue weighted by molar-refractivity contribution is 0.0600. The molecular formula is C17H13FN2O2. The van der Waals surface area contributed by atoms with E-state index in [1.54, 1.807) is 18.2 Å². The Kier molecular flexibility index (Phi) is 3.51. The summed E-state index contributed by atoms with van der Waals surface area (Å²) in [5, 5.41) is 8.79. The van der Waals surface area contributed by atoms with Crippen LogP contribution in [0.3, 0.4) is 0 Å². The van der Waals surface area contributed by atoms with E-state index >= 15 is 0 Å². The van der Waals surface area contributed by atoms with Gasteiger partial charge in [0.25, 0.3) is 0 Å². The molecule has 0 atom stereocenters. The lowest BCUT2D eigenvalue weighted by atomic mass is 10.1. The molecule has 2 aromatic carbocycles. The summed E-state index contributed by atoms with van der Waals surface area (Å²) in [7, 11) is 1.35. The lowest BCUT2D eigenvalue weighted by Gasteiger charge is -2.20. The van der Waals surface area contributed by atoms with Gasteiger partial charge in [-0.3, -0.25) is 0 Å². The van der Waals surface area contributed by atoms with Gasteiger partial charge in [-0.2, -0.15) is 5.26 Å². The Morgan fingerprint density at radius 2 is 2.14 bits per heavy atom. The Morgan fingerprint density at radius 1 is 1.32 bits per heavy atom. The van der Waals surface area contributed by atoms with Gasteiger partial charge in [0.2, 0.25) is 0 Å². The minimum absolute atomic E-state index is 0.0317. The highest BCUT2D eigenvalue weighted by atomic mass is 19.1. The zero-order valence-electron chi connectivity index (χ0n) is 12.0. The summed E-state index contributed by atoms with van der Waals surface area (Å²) >= 11 is 0. The minimum Gasteiger partial charge on any atom is -0.465 e. The molecule has 0 saturated carbocycles. The number of carbonyl (C=O) groups excluding carboxylic acids is 1. The smallest absolute Gasteiger partial charge is 0.337 e. The number of nitrogens with zero attached hydrogens (tertiary/aromatic N) is 2. The van der Waals surface area contributed by atoms with Crippen LogP contribution in [0.1, 0.15) is 21.5 Å². The number of nitriles is 1. The Bertz CT molecular complexity index is 796. The van der Waals surface area contributed by atoms with Crippen LogP contribution in [0.5, 0.6) is 0 Å². The third kappa shape index (κ3) is 2.29. The molecule has 0 saturated heterocycles. The monoisotopic (exact) mass is 296 g/mol. The predicted molar refractivity (Wildman–Crippen MR) is 79.6 cm³/mol. The van der Waals surface area contributed by atoms with E-state index in [0.717, 1.165) is 17.7 Å². The van der Waals surface area contributed by atoms with Crippen molar-refractivity contribution in [1.29, 1.82) is 5.26 Å². The Hall–Kier alpha value is -2.87. The Labute approximate surface area is 127 Å². The van der Waals surface area contributed by atoms with E-state index in [2.05, 4.69) is 0 Å². The molecule has 0 radical (unpaired) electrons. The molecular weight excluding hydrogens is 283 g/mol. The molecule has 0 unspecified atom stereocenters. The minimum atomic E-state index is -0.528. The van der Waals surface area contributed by atoms with Crippen LogP contribution < -0.4 is 4.90 Å². The van der Waals surface area contributed by atoms with Crippen molar-refractivity contribution < 1.29 is 13.9 Å². The third-order valence-corrected chi connectivity index (χ3v) is 3.78. The van der Waals surface area contributed by atoms with Crippen molar-refractivity contribution in [3.05, 3.63) is 58.9 Å². The summed E-state index contributed by atoms with van der Waals surface area (Å²) in [4.78, 5) is 13.5. The molecule has 5 heteroatoms. The van der Waals surface area contributed by atoms with Crippen molar-refractivity contribution in [3.8, 4) is 6.07 Å². The number of carbonyl (C=O) groups is 1. The molecule has 0 spiro atoms. The van der Waals surface area contributed by atoms with Crippen molar-refractivity contribution in [2.75, 3.05) is 18.6 Å². The molecule has 0 aliphatic carbocycles. The highest BCUT2D eigenvalue weighted by molar-refractivity contribution is 5.90. The topological polar surface area (TPSA) is 53.3 Å². The molecule has 22 heavy (non-hydrogen) atoms. The summed E-state index contributed by atoms with van der Waals surface area (Å²) in [6.07, 6.45) is 0.766. The summed E-state index contributed by atoms with van der Waals surface area (Å²) in [6.45, 7) is 0.700. The lowest BCUT2D eigenvalue weighted by Crippen LogP contribution is -2.13. The summed E-state index contributed by atoms with van der Waals surface area (Å²) in [5.74, 6) is -0.898. The van der Waals surface area contributed by atoms with Gasteiger partial charge in [0.05, 0.1) is 18.2 Å². The van der Waals surface area contributed by atoms with Gasteiger partial charge in [0, 0.05) is 17.9 Å². The van der Waals surface area contributed by atoms with Gasteiger partial charge in [-0.15, -0.1) is 0 Å². The van der Waals surface area contributed by atoms with E-state index in [-0.39, 0.29) is 11.5 Å². The van der Waals surface area contributed by atoms with Crippen LogP contribution in [0.4, 0.5) is 15.8 Å². The standard InChI is InChI=1S/C17H13FN2O2/c1-22-17(21)12-3-5-16-11(8-12)6-7-20(16)14-4-2-13(10-19)15(18)9-14/h2-5,8-9H,6-7H2,1H3. The SMILES string of the molecule is COC(=O)c1ccc2c(c1)CCN2c1ccc(C#N)c(F)c1. The average molecular weight is 296 g/mol. The molecule has 0 aromatic heterocycles. The number of fused-ring (bicyclic) bond motifs is 1. The van der Waals surface area contributed by atoms with E-state index in [9.17, 15) is 9.18 Å². The number of hydrogen-bond acceptors (Lipinski definition) is 4. The van der Waals surface area contributed by atoms with Crippen molar-refractivity contribution in [2.24, 2.45) is 0 Å². The molecule has 0 fully saturated rings. The molecule has 0 N–H and O–H groups in total. The number of anilines is 2. The normalized spacial score (nSPS) is 12.7. The maximum absolute atomic E-state index is 13.8. The average Bonchev–Trinajstić information content (AvgIpc) is 2.97. The van der Waals surface area contributed by atoms with Crippen LogP contribution in [0.2, 0.25) is 0 Å². The van der Waals surface area contributed by atoms with E-state index in [1.165, 1.54) is 19.2 Å². The quantitative estimate of drug-likeness (QED) is 0.799. The molecule has 2 aromatic rings. The third-order valence-electron chi connectivity index (χ3n) is 3.78. The number of esters is 1. The van der Waals surface area contributed by atoms with Gasteiger partial charge in [-0.25, -0.2) is 9.18 Å². The van der Waals surface area contributed by atoms with Gasteiger partial charge >= 0.3 is 5.97 Å². The van der Waals surface area contributed by atoms with Crippen LogP contribution in [0.15, 0.2) is 36.4 Å². The maximum atomic E-state index is 13.8. The summed E-state index contributed by atoms with van der Waals surface area (Å²) in [5.41, 5.74) is 3.20. The van der Waals surface area contributed by atoms with E-state index in [1.807, 2.05) is 17.0 Å². The Balaban J connectivity index is 1.96. The fourth-order valence-electron chi connectivity index (χ4n) is 2.68. The fourth-order valence-corrected chi connectivity index (χ4v) is 2.68. The predicted octanol–water partition coefficient (Wildman–Crippen LogP) is 3.18. The molecule has 110 valence electrons. The molecule has 1 aliphatic rings. The molecule has 0 bridgehead atoms. The second-order valence-electron chi connectivity index (χ2n) is 5.01. The number of halogens is 1. The second kappa shape index (κ2) is 5.49. The summed E-state index contributed by atoms with van der Waals surface area (Å²) in [6, 6.07) is 11.7. The fraction of sp³-hybridized carbons (Fsp3) is 0.176. The molecule has 4 nitrogen and oxygen atoms in total. The van der Waals surface area contributed by atoms with Crippen LogP contribution in [-0.2, 0) is 11.2 Å². The van der Waals surface area contributed by atoms with E-state index in [4.69, 9.17) is 10.00 Å². The van der Waals surface area contributed by atoms with Gasteiger partial charge in [-0.05, 0) is 48.4 Å². The van der Waals surface area contributed by atoms with Gasteiger partial charge in [0.15, 0.2) is 0 Å². The van der Waals surface area contributed by atoms with Gasteiger partial charge in [-0.1, -0.05) is 0 Å². The molecule has 0 amide bonds. The van der Waals surface area contributed by atoms with E-state index < -0.39 is 5.82 Å². The van der Waals surface area contributed by atoms with Crippen LogP contribution in [0.25, 0.3) is 0 Å². The van der Waals surface area contributed by atoms with Crippen molar-refractivity contribution in [2.45, 2.75) is 6.42 Å². The van der Waals surface area contributed by atoms with Crippen LogP contribution >= 0.6 is 0 Å². The second-order valence-corrected chi connectivity index (χ2v) is 5.01. The number of ether oxygens (including phenoxy) is 1. The molecule has 3 rings (SSSR count). The van der Waals surface area contributed by atoms with E-state index in [0.29, 0.717) is 17.8 Å². The van der Waals surface area contributed by atoms with Crippen molar-refractivity contribution in [3.63, 3.8) is 0 Å². The summed E-state index contributed by atoms with van der Waals surface area (Å²) < 4.78 is 18.5. The maximum Gasteiger partial charge on any atom is 0.337 e. The number of hydrogen-bond donors (Lipinski definition) is 0. The van der Waals surface area contributed by atoms with Crippen molar-refractivity contribution in [1.82, 2.24) is 0 Å². The zero-order valence-corrected chi connectivity index (χ0v) is 12.0. The largest absolute Gasteiger partial charge is 0.465 e. The zero-order chi connectivity index (χ0) is 15.7. The first-order valence-corrected chi connectivity index (χ1v) is 6.82. The first-order chi connectivity index (χ1) is 10.6.